The van der Waals surface area contributed by atoms with Crippen molar-refractivity contribution >= 4 is 22.6 Å². The summed E-state index contributed by atoms with van der Waals surface area (Å²) < 4.78 is 0. The molecule has 15 heavy (non-hydrogen) atoms. The molecular weight excluding hydrogens is 190 g/mol. The van der Waals surface area contributed by atoms with E-state index in [-0.39, 0.29) is 0 Å². The predicted octanol–water partition coefficient (Wildman–Crippen LogP) is 2.95. The molecule has 0 radical (unpaired) electrons. The number of amides is 1. The molecule has 76 valence electrons. The molecule has 0 spiro atoms. The zero-order chi connectivity index (χ0) is 10.8. The Morgan fingerprint density at radius 2 is 1.80 bits per heavy atom. The van der Waals surface area contributed by atoms with Crippen LogP contribution in [0.4, 0.5) is 10.5 Å². The van der Waals surface area contributed by atoms with E-state index in [0.29, 0.717) is 5.69 Å². The zero-order valence-corrected chi connectivity index (χ0v) is 8.34. The lowest BCUT2D eigenvalue weighted by Gasteiger charge is -2.13. The summed E-state index contributed by atoms with van der Waals surface area (Å²) in [6, 6.07) is 13.5. The number of hydrogen-bond donors (Lipinski definition) is 1. The first-order valence-electron chi connectivity index (χ1n) is 4.64. The third-order valence-corrected chi connectivity index (χ3v) is 2.41. The number of benzene rings is 2. The maximum atomic E-state index is 10.8. The van der Waals surface area contributed by atoms with Crippen molar-refractivity contribution in [3.8, 4) is 0 Å². The van der Waals surface area contributed by atoms with E-state index >= 15 is 0 Å². The summed E-state index contributed by atoms with van der Waals surface area (Å²) in [5.41, 5.74) is 0.682. The summed E-state index contributed by atoms with van der Waals surface area (Å²) in [7, 11) is 1.53. The van der Waals surface area contributed by atoms with E-state index in [2.05, 4.69) is 0 Å². The van der Waals surface area contributed by atoms with Crippen LogP contribution in [0.1, 0.15) is 0 Å². The van der Waals surface area contributed by atoms with Crippen molar-refractivity contribution in [3.05, 3.63) is 42.5 Å². The third kappa shape index (κ3) is 1.76. The van der Waals surface area contributed by atoms with E-state index in [9.17, 15) is 4.79 Å². The van der Waals surface area contributed by atoms with Gasteiger partial charge in [0.2, 0.25) is 0 Å². The maximum absolute atomic E-state index is 10.8. The Morgan fingerprint density at radius 1 is 1.13 bits per heavy atom. The first-order valence-corrected chi connectivity index (χ1v) is 4.64. The molecule has 2 aromatic carbocycles. The lowest BCUT2D eigenvalue weighted by molar-refractivity contribution is 0.203. The largest absolute Gasteiger partial charge is 0.465 e. The Hall–Kier alpha value is -2.03. The van der Waals surface area contributed by atoms with Crippen LogP contribution in [0.15, 0.2) is 42.5 Å². The smallest absolute Gasteiger partial charge is 0.411 e. The Balaban J connectivity index is 2.51. The molecule has 0 aromatic heterocycles. The van der Waals surface area contributed by atoms with Crippen molar-refractivity contribution in [2.75, 3.05) is 11.9 Å². The molecule has 0 saturated carbocycles. The second-order valence-corrected chi connectivity index (χ2v) is 3.37. The zero-order valence-electron chi connectivity index (χ0n) is 8.34. The van der Waals surface area contributed by atoms with Gasteiger partial charge in [-0.2, -0.15) is 0 Å². The van der Waals surface area contributed by atoms with Crippen LogP contribution in [0.3, 0.4) is 0 Å². The van der Waals surface area contributed by atoms with E-state index < -0.39 is 6.09 Å². The van der Waals surface area contributed by atoms with Gasteiger partial charge in [0.25, 0.3) is 0 Å². The van der Waals surface area contributed by atoms with E-state index in [1.807, 2.05) is 36.4 Å². The normalized spacial score (nSPS) is 10.2. The number of anilines is 1. The molecule has 0 aliphatic carbocycles. The molecule has 0 aliphatic heterocycles. The molecule has 3 heteroatoms. The highest BCUT2D eigenvalue weighted by Crippen LogP contribution is 2.21. The standard InChI is InChI=1S/C12H11NO2/c1-13(12(14)15)11-7-6-9-4-2-3-5-10(9)8-11/h2-8H,1H3,(H,14,15). The van der Waals surface area contributed by atoms with Gasteiger partial charge in [0, 0.05) is 12.7 Å². The van der Waals surface area contributed by atoms with Crippen LogP contribution in [0, 0.1) is 0 Å². The molecule has 0 atom stereocenters. The van der Waals surface area contributed by atoms with Crippen LogP contribution in [0.5, 0.6) is 0 Å². The molecule has 0 unspecified atom stereocenters. The fourth-order valence-corrected chi connectivity index (χ4v) is 1.50. The minimum Gasteiger partial charge on any atom is -0.465 e. The second kappa shape index (κ2) is 3.61. The SMILES string of the molecule is CN(C(=O)O)c1ccc2ccccc2c1. The van der Waals surface area contributed by atoms with E-state index in [0.717, 1.165) is 10.8 Å². The summed E-state index contributed by atoms with van der Waals surface area (Å²) in [4.78, 5) is 12.0. The highest BCUT2D eigenvalue weighted by molar-refractivity contribution is 5.91. The van der Waals surface area contributed by atoms with Gasteiger partial charge in [-0.15, -0.1) is 0 Å². The van der Waals surface area contributed by atoms with Crippen LogP contribution in [0.2, 0.25) is 0 Å². The van der Waals surface area contributed by atoms with Crippen molar-refractivity contribution in [2.24, 2.45) is 0 Å². The molecule has 2 rings (SSSR count). The molecule has 0 aliphatic rings. The van der Waals surface area contributed by atoms with Crippen LogP contribution in [-0.4, -0.2) is 18.2 Å². The Kier molecular flexibility index (Phi) is 2.29. The van der Waals surface area contributed by atoms with Crippen molar-refractivity contribution in [2.45, 2.75) is 0 Å². The van der Waals surface area contributed by atoms with Gasteiger partial charge < -0.3 is 5.11 Å². The minimum atomic E-state index is -0.953. The molecule has 2 aromatic rings. The van der Waals surface area contributed by atoms with Crippen molar-refractivity contribution in [1.29, 1.82) is 0 Å². The monoisotopic (exact) mass is 201 g/mol. The molecule has 0 heterocycles. The van der Waals surface area contributed by atoms with Gasteiger partial charge in [-0.25, -0.2) is 4.79 Å². The summed E-state index contributed by atoms with van der Waals surface area (Å²) in [6.07, 6.45) is -0.953. The Labute approximate surface area is 87.6 Å². The molecule has 3 nitrogen and oxygen atoms in total. The number of fused-ring (bicyclic) bond motifs is 1. The fourth-order valence-electron chi connectivity index (χ4n) is 1.50. The Bertz CT molecular complexity index is 508. The third-order valence-electron chi connectivity index (χ3n) is 2.41. The summed E-state index contributed by atoms with van der Waals surface area (Å²) in [5, 5.41) is 11.0. The molecule has 0 bridgehead atoms. The predicted molar refractivity (Wildman–Crippen MR) is 60.4 cm³/mol. The van der Waals surface area contributed by atoms with Gasteiger partial charge in [-0.05, 0) is 22.9 Å². The quantitative estimate of drug-likeness (QED) is 0.770. The van der Waals surface area contributed by atoms with Gasteiger partial charge >= 0.3 is 6.09 Å². The van der Waals surface area contributed by atoms with Crippen LogP contribution in [0.25, 0.3) is 10.8 Å². The highest BCUT2D eigenvalue weighted by Gasteiger charge is 2.07. The number of hydrogen-bond acceptors (Lipinski definition) is 1. The molecule has 0 fully saturated rings. The lowest BCUT2D eigenvalue weighted by Crippen LogP contribution is -2.23. The van der Waals surface area contributed by atoms with Gasteiger partial charge in [-0.1, -0.05) is 30.3 Å². The minimum absolute atomic E-state index is 0.682. The van der Waals surface area contributed by atoms with Crippen molar-refractivity contribution in [3.63, 3.8) is 0 Å². The fraction of sp³-hybridized carbons (Fsp3) is 0.0833. The average Bonchev–Trinajstić information content (AvgIpc) is 2.27. The molecular formula is C12H11NO2. The molecule has 0 saturated heterocycles. The molecule has 1 N–H and O–H groups in total. The second-order valence-electron chi connectivity index (χ2n) is 3.37. The summed E-state index contributed by atoms with van der Waals surface area (Å²) in [6.45, 7) is 0. The summed E-state index contributed by atoms with van der Waals surface area (Å²) >= 11 is 0. The topological polar surface area (TPSA) is 40.5 Å². The van der Waals surface area contributed by atoms with Crippen molar-refractivity contribution in [1.82, 2.24) is 0 Å². The lowest BCUT2D eigenvalue weighted by atomic mass is 10.1. The number of carbonyl (C=O) groups is 1. The van der Waals surface area contributed by atoms with Gasteiger partial charge in [0.05, 0.1) is 0 Å². The van der Waals surface area contributed by atoms with Crippen LogP contribution < -0.4 is 4.90 Å². The maximum Gasteiger partial charge on any atom is 0.411 e. The first kappa shape index (κ1) is 9.52. The number of rotatable bonds is 1. The van der Waals surface area contributed by atoms with E-state index in [4.69, 9.17) is 5.11 Å². The van der Waals surface area contributed by atoms with Gasteiger partial charge in [-0.3, -0.25) is 4.90 Å². The molecule has 1 amide bonds. The van der Waals surface area contributed by atoms with E-state index in [1.165, 1.54) is 11.9 Å². The van der Waals surface area contributed by atoms with E-state index in [1.54, 1.807) is 6.07 Å². The number of carboxylic acid groups (broad SMARTS) is 1. The summed E-state index contributed by atoms with van der Waals surface area (Å²) in [5.74, 6) is 0. The Morgan fingerprint density at radius 3 is 2.47 bits per heavy atom. The van der Waals surface area contributed by atoms with Gasteiger partial charge in [0.1, 0.15) is 0 Å². The average molecular weight is 201 g/mol. The number of nitrogens with zero attached hydrogens (tertiary/aromatic N) is 1. The van der Waals surface area contributed by atoms with Crippen LogP contribution >= 0.6 is 0 Å². The van der Waals surface area contributed by atoms with Gasteiger partial charge in [0.15, 0.2) is 0 Å². The highest BCUT2D eigenvalue weighted by atomic mass is 16.4. The first-order chi connectivity index (χ1) is 7.18. The van der Waals surface area contributed by atoms with Crippen LogP contribution in [-0.2, 0) is 0 Å². The van der Waals surface area contributed by atoms with Crippen molar-refractivity contribution < 1.29 is 9.90 Å².